The number of carbonyl (C=O) groups excluding carboxylic acids is 2. The molecule has 1 aromatic heterocycles. The van der Waals surface area contributed by atoms with Crippen molar-refractivity contribution in [1.29, 1.82) is 0 Å². The van der Waals surface area contributed by atoms with Gasteiger partial charge in [-0.25, -0.2) is 0 Å². The highest BCUT2D eigenvalue weighted by atomic mass is 16.5. The van der Waals surface area contributed by atoms with E-state index in [4.69, 9.17) is 13.9 Å². The molecule has 22 heavy (non-hydrogen) atoms. The fourth-order valence-electron chi connectivity index (χ4n) is 1.74. The Bertz CT molecular complexity index is 652. The number of benzene rings is 1. The zero-order valence-electron chi connectivity index (χ0n) is 12.2. The molecule has 0 radical (unpaired) electrons. The molecule has 116 valence electrons. The first-order valence-corrected chi connectivity index (χ1v) is 6.59. The maximum atomic E-state index is 12.0. The molecule has 1 aromatic carbocycles. The molecule has 0 aliphatic rings. The second kappa shape index (κ2) is 7.16. The van der Waals surface area contributed by atoms with Gasteiger partial charge in [0.25, 0.3) is 11.8 Å². The van der Waals surface area contributed by atoms with E-state index in [0.717, 1.165) is 0 Å². The van der Waals surface area contributed by atoms with Crippen molar-refractivity contribution in [3.8, 4) is 11.5 Å². The molecule has 2 rings (SSSR count). The SMILES string of the molecule is CCOc1ccc(C(=O)NNC(=O)c2ccoc2)cc1OC. The van der Waals surface area contributed by atoms with Gasteiger partial charge < -0.3 is 13.9 Å². The average molecular weight is 304 g/mol. The Morgan fingerprint density at radius 1 is 1.09 bits per heavy atom. The number of furan rings is 1. The van der Waals surface area contributed by atoms with Gasteiger partial charge in [-0.1, -0.05) is 0 Å². The number of hydrogen-bond acceptors (Lipinski definition) is 5. The second-order valence-corrected chi connectivity index (χ2v) is 4.22. The van der Waals surface area contributed by atoms with Crippen LogP contribution in [0.4, 0.5) is 0 Å². The molecular weight excluding hydrogens is 288 g/mol. The van der Waals surface area contributed by atoms with Crippen molar-refractivity contribution >= 4 is 11.8 Å². The lowest BCUT2D eigenvalue weighted by atomic mass is 10.2. The van der Waals surface area contributed by atoms with Gasteiger partial charge in [-0.15, -0.1) is 0 Å². The normalized spacial score (nSPS) is 9.91. The predicted molar refractivity (Wildman–Crippen MR) is 77.8 cm³/mol. The Kier molecular flexibility index (Phi) is 5.02. The molecule has 0 fully saturated rings. The Hall–Kier alpha value is -2.96. The smallest absolute Gasteiger partial charge is 0.272 e. The van der Waals surface area contributed by atoms with Crippen molar-refractivity contribution in [2.24, 2.45) is 0 Å². The molecule has 0 aliphatic carbocycles. The van der Waals surface area contributed by atoms with E-state index in [1.54, 1.807) is 12.1 Å². The van der Waals surface area contributed by atoms with Crippen LogP contribution < -0.4 is 20.3 Å². The number of methoxy groups -OCH3 is 1. The lowest BCUT2D eigenvalue weighted by molar-refractivity contribution is 0.0846. The van der Waals surface area contributed by atoms with Crippen LogP contribution in [0.3, 0.4) is 0 Å². The Balaban J connectivity index is 2.01. The number of carbonyl (C=O) groups is 2. The average Bonchev–Trinajstić information content (AvgIpc) is 3.07. The first kappa shape index (κ1) is 15.4. The topological polar surface area (TPSA) is 89.8 Å². The van der Waals surface area contributed by atoms with Gasteiger partial charge in [0.05, 0.1) is 25.5 Å². The lowest BCUT2D eigenvalue weighted by Crippen LogP contribution is -2.41. The second-order valence-electron chi connectivity index (χ2n) is 4.22. The first-order chi connectivity index (χ1) is 10.7. The summed E-state index contributed by atoms with van der Waals surface area (Å²) in [5.41, 5.74) is 5.24. The molecule has 0 saturated carbocycles. The minimum absolute atomic E-state index is 0.310. The summed E-state index contributed by atoms with van der Waals surface area (Å²) >= 11 is 0. The molecule has 0 spiro atoms. The van der Waals surface area contributed by atoms with Crippen molar-refractivity contribution in [2.75, 3.05) is 13.7 Å². The van der Waals surface area contributed by atoms with E-state index in [0.29, 0.717) is 29.2 Å². The predicted octanol–water partition coefficient (Wildman–Crippen LogP) is 1.76. The van der Waals surface area contributed by atoms with Gasteiger partial charge in [0.15, 0.2) is 11.5 Å². The van der Waals surface area contributed by atoms with Crippen LogP contribution in [-0.4, -0.2) is 25.5 Å². The molecule has 2 amide bonds. The molecule has 0 saturated heterocycles. The zero-order chi connectivity index (χ0) is 15.9. The lowest BCUT2D eigenvalue weighted by Gasteiger charge is -2.11. The summed E-state index contributed by atoms with van der Waals surface area (Å²) in [6.45, 7) is 2.34. The third-order valence-corrected chi connectivity index (χ3v) is 2.80. The van der Waals surface area contributed by atoms with E-state index in [1.807, 2.05) is 6.92 Å². The first-order valence-electron chi connectivity index (χ1n) is 6.59. The molecule has 2 N–H and O–H groups in total. The molecule has 7 nitrogen and oxygen atoms in total. The standard InChI is InChI=1S/C15H16N2O5/c1-3-22-12-5-4-10(8-13(12)20-2)14(18)16-17-15(19)11-6-7-21-9-11/h4-9H,3H2,1-2H3,(H,16,18)(H,17,19). The van der Waals surface area contributed by atoms with Crippen LogP contribution in [0.25, 0.3) is 0 Å². The Labute approximate surface area is 127 Å². The number of hydrazine groups is 1. The van der Waals surface area contributed by atoms with Crippen LogP contribution in [0.1, 0.15) is 27.6 Å². The van der Waals surface area contributed by atoms with Gasteiger partial charge in [-0.2, -0.15) is 0 Å². The molecule has 0 unspecified atom stereocenters. The quantitative estimate of drug-likeness (QED) is 0.822. The van der Waals surface area contributed by atoms with E-state index in [9.17, 15) is 9.59 Å². The largest absolute Gasteiger partial charge is 0.493 e. The molecule has 0 bridgehead atoms. The maximum absolute atomic E-state index is 12.0. The van der Waals surface area contributed by atoms with Crippen molar-refractivity contribution in [1.82, 2.24) is 10.9 Å². The molecule has 0 aliphatic heterocycles. The van der Waals surface area contributed by atoms with Crippen LogP contribution in [0, 0.1) is 0 Å². The summed E-state index contributed by atoms with van der Waals surface area (Å²) in [4.78, 5) is 23.7. The summed E-state index contributed by atoms with van der Waals surface area (Å²) < 4.78 is 15.3. The van der Waals surface area contributed by atoms with Crippen LogP contribution in [-0.2, 0) is 0 Å². The third-order valence-electron chi connectivity index (χ3n) is 2.80. The summed E-state index contributed by atoms with van der Waals surface area (Å²) in [7, 11) is 1.49. The van der Waals surface area contributed by atoms with Gasteiger partial charge in [-0.3, -0.25) is 20.4 Å². The number of ether oxygens (including phenoxy) is 2. The molecule has 2 aromatic rings. The minimum atomic E-state index is -0.474. The van der Waals surface area contributed by atoms with Crippen LogP contribution >= 0.6 is 0 Å². The number of rotatable bonds is 5. The van der Waals surface area contributed by atoms with Crippen LogP contribution in [0.2, 0.25) is 0 Å². The highest BCUT2D eigenvalue weighted by molar-refractivity contribution is 5.99. The van der Waals surface area contributed by atoms with Gasteiger partial charge in [-0.05, 0) is 31.2 Å². The third kappa shape index (κ3) is 3.57. The fourth-order valence-corrected chi connectivity index (χ4v) is 1.74. The number of hydrogen-bond donors (Lipinski definition) is 2. The van der Waals surface area contributed by atoms with Crippen molar-refractivity contribution in [2.45, 2.75) is 6.92 Å². The number of nitrogens with one attached hydrogen (secondary N) is 2. The van der Waals surface area contributed by atoms with E-state index in [1.165, 1.54) is 31.8 Å². The number of amides is 2. The minimum Gasteiger partial charge on any atom is -0.493 e. The molecule has 7 heteroatoms. The Morgan fingerprint density at radius 2 is 1.82 bits per heavy atom. The van der Waals surface area contributed by atoms with Gasteiger partial charge in [0.2, 0.25) is 0 Å². The van der Waals surface area contributed by atoms with Crippen LogP contribution in [0.5, 0.6) is 11.5 Å². The van der Waals surface area contributed by atoms with Gasteiger partial charge in [0.1, 0.15) is 6.26 Å². The zero-order valence-corrected chi connectivity index (χ0v) is 12.2. The van der Waals surface area contributed by atoms with Crippen molar-refractivity contribution < 1.29 is 23.5 Å². The van der Waals surface area contributed by atoms with E-state index in [-0.39, 0.29) is 0 Å². The van der Waals surface area contributed by atoms with Gasteiger partial charge >= 0.3 is 0 Å². The van der Waals surface area contributed by atoms with E-state index >= 15 is 0 Å². The van der Waals surface area contributed by atoms with Crippen molar-refractivity contribution in [3.05, 3.63) is 47.9 Å². The molecular formula is C15H16N2O5. The summed E-state index contributed by atoms with van der Waals surface area (Å²) in [5.74, 6) is 0.0397. The highest BCUT2D eigenvalue weighted by Crippen LogP contribution is 2.27. The monoisotopic (exact) mass is 304 g/mol. The highest BCUT2D eigenvalue weighted by Gasteiger charge is 2.13. The van der Waals surface area contributed by atoms with E-state index < -0.39 is 11.8 Å². The van der Waals surface area contributed by atoms with E-state index in [2.05, 4.69) is 10.9 Å². The summed E-state index contributed by atoms with van der Waals surface area (Å²) in [6, 6.07) is 6.23. The van der Waals surface area contributed by atoms with Gasteiger partial charge in [0, 0.05) is 5.56 Å². The summed E-state index contributed by atoms with van der Waals surface area (Å²) in [6.07, 6.45) is 2.65. The van der Waals surface area contributed by atoms with Crippen LogP contribution in [0.15, 0.2) is 41.2 Å². The van der Waals surface area contributed by atoms with Crippen molar-refractivity contribution in [3.63, 3.8) is 0 Å². The Morgan fingerprint density at radius 3 is 2.41 bits per heavy atom. The fraction of sp³-hybridized carbons (Fsp3) is 0.200. The summed E-state index contributed by atoms with van der Waals surface area (Å²) in [5, 5.41) is 0. The maximum Gasteiger partial charge on any atom is 0.272 e. The molecule has 0 atom stereocenters. The molecule has 1 heterocycles.